The molecule has 218 valence electrons. The Morgan fingerprint density at radius 2 is 1.55 bits per heavy atom. The van der Waals surface area contributed by atoms with Gasteiger partial charge in [0.15, 0.2) is 0 Å². The number of methoxy groups -OCH3 is 2. The molecule has 1 aromatic heterocycles. The molecule has 0 aliphatic rings. The number of ether oxygens (including phenoxy) is 2. The SMILES string of the molecule is COCCCN(CC(=O)N(Cc1ccccc1)Cc1cccn1Cc1cccc(OC)c1)C(=O)C=Cc1ccccc1. The Hall–Kier alpha value is -4.62. The smallest absolute Gasteiger partial charge is 0.247 e. The van der Waals surface area contributed by atoms with E-state index in [1.165, 1.54) is 6.08 Å². The maximum Gasteiger partial charge on any atom is 0.247 e. The number of carbonyl (C=O) groups excluding carboxylic acids is 2. The van der Waals surface area contributed by atoms with Crippen molar-refractivity contribution in [3.05, 3.63) is 132 Å². The van der Waals surface area contributed by atoms with E-state index >= 15 is 0 Å². The summed E-state index contributed by atoms with van der Waals surface area (Å²) in [7, 11) is 3.29. The van der Waals surface area contributed by atoms with E-state index in [1.807, 2.05) is 102 Å². The quantitative estimate of drug-likeness (QED) is 0.138. The molecule has 0 atom stereocenters. The van der Waals surface area contributed by atoms with Gasteiger partial charge in [0, 0.05) is 51.3 Å². The Labute approximate surface area is 248 Å². The molecular formula is C35H39N3O4. The number of nitrogens with zero attached hydrogens (tertiary/aromatic N) is 3. The van der Waals surface area contributed by atoms with Crippen molar-refractivity contribution >= 4 is 17.9 Å². The van der Waals surface area contributed by atoms with Crippen LogP contribution in [-0.2, 0) is 34.0 Å². The van der Waals surface area contributed by atoms with E-state index in [2.05, 4.69) is 10.6 Å². The summed E-state index contributed by atoms with van der Waals surface area (Å²) in [5, 5.41) is 0. The van der Waals surface area contributed by atoms with Crippen molar-refractivity contribution in [3.63, 3.8) is 0 Å². The highest BCUT2D eigenvalue weighted by Crippen LogP contribution is 2.17. The van der Waals surface area contributed by atoms with Gasteiger partial charge in [-0.3, -0.25) is 9.59 Å². The third-order valence-corrected chi connectivity index (χ3v) is 6.96. The van der Waals surface area contributed by atoms with Crippen molar-refractivity contribution in [3.8, 4) is 5.75 Å². The van der Waals surface area contributed by atoms with Crippen LogP contribution in [-0.4, -0.2) is 60.1 Å². The summed E-state index contributed by atoms with van der Waals surface area (Å²) in [6, 6.07) is 31.6. The normalized spacial score (nSPS) is 11.0. The fraction of sp³-hybridized carbons (Fsp3) is 0.257. The zero-order valence-corrected chi connectivity index (χ0v) is 24.4. The summed E-state index contributed by atoms with van der Waals surface area (Å²) in [4.78, 5) is 30.6. The van der Waals surface area contributed by atoms with E-state index in [9.17, 15) is 9.59 Å². The van der Waals surface area contributed by atoms with Crippen LogP contribution in [0.15, 0.2) is 109 Å². The predicted octanol–water partition coefficient (Wildman–Crippen LogP) is 5.65. The number of hydrogen-bond acceptors (Lipinski definition) is 4. The van der Waals surface area contributed by atoms with Crippen LogP contribution >= 0.6 is 0 Å². The van der Waals surface area contributed by atoms with Gasteiger partial charge in [-0.1, -0.05) is 72.8 Å². The molecular weight excluding hydrogens is 526 g/mol. The van der Waals surface area contributed by atoms with Crippen LogP contribution in [0.25, 0.3) is 6.08 Å². The summed E-state index contributed by atoms with van der Waals surface area (Å²) in [5.41, 5.74) is 4.06. The highest BCUT2D eigenvalue weighted by Gasteiger charge is 2.22. The average Bonchev–Trinajstić information content (AvgIpc) is 3.46. The first kappa shape index (κ1) is 30.3. The van der Waals surface area contributed by atoms with Crippen LogP contribution in [0.1, 0.15) is 28.8 Å². The average molecular weight is 566 g/mol. The van der Waals surface area contributed by atoms with Gasteiger partial charge in [0.2, 0.25) is 11.8 Å². The van der Waals surface area contributed by atoms with Crippen molar-refractivity contribution in [2.45, 2.75) is 26.1 Å². The Bertz CT molecular complexity index is 1430. The lowest BCUT2D eigenvalue weighted by molar-refractivity contribution is -0.139. The predicted molar refractivity (Wildman–Crippen MR) is 166 cm³/mol. The Morgan fingerprint density at radius 1 is 0.810 bits per heavy atom. The molecule has 0 saturated heterocycles. The fourth-order valence-corrected chi connectivity index (χ4v) is 4.71. The topological polar surface area (TPSA) is 64.0 Å². The molecule has 2 amide bonds. The molecule has 0 bridgehead atoms. The Balaban J connectivity index is 1.53. The van der Waals surface area contributed by atoms with Crippen molar-refractivity contribution in [2.24, 2.45) is 0 Å². The second-order valence-electron chi connectivity index (χ2n) is 10.1. The van der Waals surface area contributed by atoms with E-state index in [-0.39, 0.29) is 18.4 Å². The van der Waals surface area contributed by atoms with Crippen LogP contribution in [0.3, 0.4) is 0 Å². The molecule has 4 rings (SSSR count). The van der Waals surface area contributed by atoms with Gasteiger partial charge in [-0.2, -0.15) is 0 Å². The maximum absolute atomic E-state index is 13.9. The zero-order chi connectivity index (χ0) is 29.6. The Morgan fingerprint density at radius 3 is 2.29 bits per heavy atom. The standard InChI is InChI=1S/C35H39N3O4/c1-41-23-11-22-37(34(39)20-19-29-12-5-3-6-13-29)28-35(40)38(25-30-14-7-4-8-15-30)27-32-17-10-21-36(32)26-31-16-9-18-33(24-31)42-2/h3-10,12-21,24H,11,22-23,25-28H2,1-2H3. The van der Waals surface area contributed by atoms with Gasteiger partial charge in [0.05, 0.1) is 13.7 Å². The molecule has 0 aliphatic heterocycles. The van der Waals surface area contributed by atoms with Gasteiger partial charge in [0.1, 0.15) is 12.3 Å². The molecule has 3 aromatic carbocycles. The van der Waals surface area contributed by atoms with Gasteiger partial charge >= 0.3 is 0 Å². The lowest BCUT2D eigenvalue weighted by Gasteiger charge is -2.28. The number of carbonyl (C=O) groups is 2. The van der Waals surface area contributed by atoms with Gasteiger partial charge < -0.3 is 23.8 Å². The molecule has 0 aliphatic carbocycles. The molecule has 0 saturated carbocycles. The largest absolute Gasteiger partial charge is 0.497 e. The molecule has 0 spiro atoms. The number of rotatable bonds is 15. The minimum absolute atomic E-state index is 0.0227. The lowest BCUT2D eigenvalue weighted by atomic mass is 10.2. The highest BCUT2D eigenvalue weighted by atomic mass is 16.5. The van der Waals surface area contributed by atoms with Crippen molar-refractivity contribution in [2.75, 3.05) is 33.9 Å². The van der Waals surface area contributed by atoms with Crippen LogP contribution < -0.4 is 4.74 Å². The van der Waals surface area contributed by atoms with Crippen LogP contribution in [0.4, 0.5) is 0 Å². The van der Waals surface area contributed by atoms with Crippen molar-refractivity contribution in [1.82, 2.24) is 14.4 Å². The Kier molecular flexibility index (Phi) is 11.5. The van der Waals surface area contributed by atoms with E-state index in [0.717, 1.165) is 28.1 Å². The van der Waals surface area contributed by atoms with E-state index in [1.54, 1.807) is 25.2 Å². The maximum atomic E-state index is 13.9. The number of benzene rings is 3. The van der Waals surface area contributed by atoms with E-state index < -0.39 is 0 Å². The summed E-state index contributed by atoms with van der Waals surface area (Å²) >= 11 is 0. The highest BCUT2D eigenvalue weighted by molar-refractivity contribution is 5.94. The molecule has 7 nitrogen and oxygen atoms in total. The second kappa shape index (κ2) is 16.0. The third kappa shape index (κ3) is 9.21. The molecule has 7 heteroatoms. The van der Waals surface area contributed by atoms with Gasteiger partial charge in [-0.15, -0.1) is 0 Å². The number of amides is 2. The summed E-state index contributed by atoms with van der Waals surface area (Å²) < 4.78 is 12.8. The molecule has 0 unspecified atom stereocenters. The van der Waals surface area contributed by atoms with Crippen LogP contribution in [0.5, 0.6) is 5.75 Å². The van der Waals surface area contributed by atoms with Crippen LogP contribution in [0.2, 0.25) is 0 Å². The molecule has 4 aromatic rings. The lowest BCUT2D eigenvalue weighted by Crippen LogP contribution is -2.42. The molecule has 0 N–H and O–H groups in total. The monoisotopic (exact) mass is 565 g/mol. The third-order valence-electron chi connectivity index (χ3n) is 6.96. The first-order chi connectivity index (χ1) is 20.6. The summed E-state index contributed by atoms with van der Waals surface area (Å²) in [6.45, 7) is 2.40. The summed E-state index contributed by atoms with van der Waals surface area (Å²) in [6.07, 6.45) is 5.98. The zero-order valence-electron chi connectivity index (χ0n) is 24.4. The van der Waals surface area contributed by atoms with E-state index in [4.69, 9.17) is 9.47 Å². The second-order valence-corrected chi connectivity index (χ2v) is 10.1. The molecule has 42 heavy (non-hydrogen) atoms. The van der Waals surface area contributed by atoms with Crippen LogP contribution in [0, 0.1) is 0 Å². The van der Waals surface area contributed by atoms with E-state index in [0.29, 0.717) is 39.2 Å². The van der Waals surface area contributed by atoms with Gasteiger partial charge in [-0.25, -0.2) is 0 Å². The number of aromatic nitrogens is 1. The van der Waals surface area contributed by atoms with Gasteiger partial charge in [0.25, 0.3) is 0 Å². The minimum atomic E-state index is -0.204. The minimum Gasteiger partial charge on any atom is -0.497 e. The molecule has 0 radical (unpaired) electrons. The first-order valence-electron chi connectivity index (χ1n) is 14.2. The first-order valence-corrected chi connectivity index (χ1v) is 14.2. The number of hydrogen-bond donors (Lipinski definition) is 0. The molecule has 0 fully saturated rings. The fourth-order valence-electron chi connectivity index (χ4n) is 4.71. The molecule has 1 heterocycles. The van der Waals surface area contributed by atoms with Crippen molar-refractivity contribution < 1.29 is 19.1 Å². The van der Waals surface area contributed by atoms with Crippen molar-refractivity contribution in [1.29, 1.82) is 0 Å². The van der Waals surface area contributed by atoms with Gasteiger partial charge in [-0.05, 0) is 53.5 Å². The summed E-state index contributed by atoms with van der Waals surface area (Å²) in [5.74, 6) is 0.484.